The van der Waals surface area contributed by atoms with Crippen molar-refractivity contribution >= 4 is 12.2 Å². The third-order valence-corrected chi connectivity index (χ3v) is 2.73. The standard InChI is InChI=1S/C11H14N4S/c1-11(2,3)8-4-6-9(7-5-8)15-10(16)12-13-14-15/h4-7H,1-3H3,(H,12,14,16). The molecular formula is C11H14N4S. The van der Waals surface area contributed by atoms with Crippen molar-refractivity contribution in [2.24, 2.45) is 0 Å². The average Bonchev–Trinajstić information content (AvgIpc) is 2.63. The highest BCUT2D eigenvalue weighted by Gasteiger charge is 2.13. The first-order valence-electron chi connectivity index (χ1n) is 5.09. The lowest BCUT2D eigenvalue weighted by Gasteiger charge is -2.19. The average molecular weight is 234 g/mol. The quantitative estimate of drug-likeness (QED) is 0.771. The summed E-state index contributed by atoms with van der Waals surface area (Å²) >= 11 is 5.03. The number of hydrogen-bond acceptors (Lipinski definition) is 3. The largest absolute Gasteiger partial charge is 0.242 e. The maximum atomic E-state index is 5.03. The summed E-state index contributed by atoms with van der Waals surface area (Å²) in [7, 11) is 0. The zero-order valence-corrected chi connectivity index (χ0v) is 10.4. The molecule has 2 aromatic rings. The molecule has 2 rings (SSSR count). The minimum Gasteiger partial charge on any atom is -0.210 e. The molecular weight excluding hydrogens is 220 g/mol. The zero-order valence-electron chi connectivity index (χ0n) is 9.56. The summed E-state index contributed by atoms with van der Waals surface area (Å²) in [5.41, 5.74) is 2.39. The number of tetrazole rings is 1. The topological polar surface area (TPSA) is 46.5 Å². The summed E-state index contributed by atoms with van der Waals surface area (Å²) in [4.78, 5) is 0. The highest BCUT2D eigenvalue weighted by Crippen LogP contribution is 2.22. The molecule has 0 fully saturated rings. The van der Waals surface area contributed by atoms with Crippen LogP contribution < -0.4 is 0 Å². The van der Waals surface area contributed by atoms with E-state index in [0.717, 1.165) is 5.69 Å². The van der Waals surface area contributed by atoms with E-state index in [1.807, 2.05) is 12.1 Å². The molecule has 0 saturated carbocycles. The van der Waals surface area contributed by atoms with Crippen molar-refractivity contribution in [1.29, 1.82) is 0 Å². The predicted octanol–water partition coefficient (Wildman–Crippen LogP) is 2.62. The minimum absolute atomic E-state index is 0.159. The van der Waals surface area contributed by atoms with Crippen LogP contribution in [0.5, 0.6) is 0 Å². The van der Waals surface area contributed by atoms with Crippen LogP contribution in [0.15, 0.2) is 24.3 Å². The monoisotopic (exact) mass is 234 g/mol. The minimum atomic E-state index is 0.159. The Kier molecular flexibility index (Phi) is 2.63. The van der Waals surface area contributed by atoms with Crippen LogP contribution in [0.1, 0.15) is 26.3 Å². The maximum Gasteiger partial charge on any atom is 0.242 e. The summed E-state index contributed by atoms with van der Waals surface area (Å²) < 4.78 is 2.10. The van der Waals surface area contributed by atoms with Gasteiger partial charge in [-0.15, -0.1) is 0 Å². The van der Waals surface area contributed by atoms with E-state index in [1.54, 1.807) is 4.68 Å². The number of nitrogens with zero attached hydrogens (tertiary/aromatic N) is 3. The molecule has 0 aliphatic rings. The smallest absolute Gasteiger partial charge is 0.210 e. The molecule has 84 valence electrons. The fraction of sp³-hybridized carbons (Fsp3) is 0.364. The van der Waals surface area contributed by atoms with Crippen molar-refractivity contribution in [3.05, 3.63) is 34.6 Å². The zero-order chi connectivity index (χ0) is 11.8. The van der Waals surface area contributed by atoms with E-state index in [2.05, 4.69) is 48.4 Å². The number of H-pyrrole nitrogens is 1. The van der Waals surface area contributed by atoms with Crippen molar-refractivity contribution in [1.82, 2.24) is 20.2 Å². The Balaban J connectivity index is 2.41. The van der Waals surface area contributed by atoms with Gasteiger partial charge in [-0.25, -0.2) is 4.68 Å². The van der Waals surface area contributed by atoms with E-state index in [-0.39, 0.29) is 5.41 Å². The second kappa shape index (κ2) is 3.83. The molecule has 1 N–H and O–H groups in total. The molecule has 0 unspecified atom stereocenters. The van der Waals surface area contributed by atoms with E-state index >= 15 is 0 Å². The van der Waals surface area contributed by atoms with Crippen molar-refractivity contribution in [2.75, 3.05) is 0 Å². The number of nitrogens with one attached hydrogen (secondary N) is 1. The third kappa shape index (κ3) is 2.04. The van der Waals surface area contributed by atoms with E-state index in [1.165, 1.54) is 5.56 Å². The van der Waals surface area contributed by atoms with Crippen LogP contribution in [-0.2, 0) is 5.41 Å². The molecule has 1 aromatic heterocycles. The fourth-order valence-electron chi connectivity index (χ4n) is 1.48. The van der Waals surface area contributed by atoms with Gasteiger partial charge in [0, 0.05) is 0 Å². The highest BCUT2D eigenvalue weighted by molar-refractivity contribution is 7.71. The summed E-state index contributed by atoms with van der Waals surface area (Å²) in [6.45, 7) is 6.56. The summed E-state index contributed by atoms with van der Waals surface area (Å²) in [6, 6.07) is 8.21. The molecule has 0 aliphatic carbocycles. The van der Waals surface area contributed by atoms with Crippen LogP contribution >= 0.6 is 12.2 Å². The molecule has 0 amide bonds. The van der Waals surface area contributed by atoms with Gasteiger partial charge in [0.25, 0.3) is 0 Å². The van der Waals surface area contributed by atoms with Crippen molar-refractivity contribution in [3.8, 4) is 5.69 Å². The normalized spacial score (nSPS) is 11.7. The second-order valence-electron chi connectivity index (χ2n) is 4.71. The van der Waals surface area contributed by atoms with E-state index < -0.39 is 0 Å². The van der Waals surface area contributed by atoms with Crippen LogP contribution in [0.2, 0.25) is 0 Å². The Hall–Kier alpha value is -1.49. The lowest BCUT2D eigenvalue weighted by molar-refractivity contribution is 0.590. The molecule has 0 atom stereocenters. The third-order valence-electron chi connectivity index (χ3n) is 2.46. The van der Waals surface area contributed by atoms with Crippen LogP contribution in [-0.4, -0.2) is 20.2 Å². The van der Waals surface area contributed by atoms with Crippen LogP contribution in [0.25, 0.3) is 5.69 Å². The first-order valence-corrected chi connectivity index (χ1v) is 5.50. The van der Waals surface area contributed by atoms with Gasteiger partial charge in [-0.1, -0.05) is 43.2 Å². The lowest BCUT2D eigenvalue weighted by atomic mass is 9.87. The molecule has 0 saturated heterocycles. The fourth-order valence-corrected chi connectivity index (χ4v) is 1.66. The van der Waals surface area contributed by atoms with Crippen molar-refractivity contribution in [3.63, 3.8) is 0 Å². The van der Waals surface area contributed by atoms with Crippen LogP contribution in [0, 0.1) is 4.77 Å². The van der Waals surface area contributed by atoms with E-state index in [0.29, 0.717) is 4.77 Å². The highest BCUT2D eigenvalue weighted by atomic mass is 32.1. The van der Waals surface area contributed by atoms with Gasteiger partial charge >= 0.3 is 0 Å². The Labute approximate surface area is 99.3 Å². The summed E-state index contributed by atoms with van der Waals surface area (Å²) in [5.74, 6) is 0. The van der Waals surface area contributed by atoms with Crippen molar-refractivity contribution < 1.29 is 0 Å². The van der Waals surface area contributed by atoms with E-state index in [4.69, 9.17) is 12.2 Å². The molecule has 0 aliphatic heterocycles. The SMILES string of the molecule is CC(C)(C)c1ccc(-n2[nH]nnc2=S)cc1. The van der Waals surface area contributed by atoms with Gasteiger partial charge in [-0.2, -0.15) is 5.21 Å². The van der Waals surface area contributed by atoms with Gasteiger partial charge in [0.1, 0.15) is 0 Å². The van der Waals surface area contributed by atoms with Gasteiger partial charge in [0.15, 0.2) is 0 Å². The number of benzene rings is 1. The molecule has 1 heterocycles. The van der Waals surface area contributed by atoms with Crippen LogP contribution in [0.4, 0.5) is 0 Å². The number of aromatic nitrogens is 4. The number of aromatic amines is 1. The molecule has 1 aromatic carbocycles. The maximum absolute atomic E-state index is 5.03. The number of rotatable bonds is 1. The first kappa shape index (κ1) is 11.0. The molecule has 16 heavy (non-hydrogen) atoms. The molecule has 5 heteroatoms. The van der Waals surface area contributed by atoms with Gasteiger partial charge in [0.2, 0.25) is 4.77 Å². The summed E-state index contributed by atoms with van der Waals surface area (Å²) in [5, 5.41) is 10.1. The van der Waals surface area contributed by atoms with Crippen LogP contribution in [0.3, 0.4) is 0 Å². The number of hydrogen-bond donors (Lipinski definition) is 1. The molecule has 0 spiro atoms. The van der Waals surface area contributed by atoms with Gasteiger partial charge in [0.05, 0.1) is 5.69 Å². The molecule has 0 bridgehead atoms. The Morgan fingerprint density at radius 1 is 1.19 bits per heavy atom. The predicted molar refractivity (Wildman–Crippen MR) is 65.2 cm³/mol. The van der Waals surface area contributed by atoms with E-state index in [9.17, 15) is 0 Å². The van der Waals surface area contributed by atoms with Crippen molar-refractivity contribution in [2.45, 2.75) is 26.2 Å². The Bertz CT molecular complexity index is 530. The van der Waals surface area contributed by atoms with Gasteiger partial charge < -0.3 is 0 Å². The Morgan fingerprint density at radius 3 is 2.25 bits per heavy atom. The Morgan fingerprint density at radius 2 is 1.81 bits per heavy atom. The molecule has 0 radical (unpaired) electrons. The van der Waals surface area contributed by atoms with Gasteiger partial charge in [-0.05, 0) is 35.3 Å². The summed E-state index contributed by atoms with van der Waals surface area (Å²) in [6.07, 6.45) is 0. The first-order chi connectivity index (χ1) is 7.48. The second-order valence-corrected chi connectivity index (χ2v) is 5.08. The lowest BCUT2D eigenvalue weighted by Crippen LogP contribution is -2.11. The van der Waals surface area contributed by atoms with Gasteiger partial charge in [-0.3, -0.25) is 0 Å². The molecule has 4 nitrogen and oxygen atoms in total.